The van der Waals surface area contributed by atoms with Crippen molar-refractivity contribution in [3.8, 4) is 0 Å². The summed E-state index contributed by atoms with van der Waals surface area (Å²) in [7, 11) is 0. The van der Waals surface area contributed by atoms with E-state index in [1.165, 1.54) is 12.5 Å². The lowest BCUT2D eigenvalue weighted by Crippen LogP contribution is -2.53. The third-order valence-corrected chi connectivity index (χ3v) is 4.99. The van der Waals surface area contributed by atoms with E-state index in [0.29, 0.717) is 26.2 Å². The monoisotopic (exact) mass is 390 g/mol. The molecule has 1 unspecified atom stereocenters. The number of carboxylic acid groups (broad SMARTS) is 1. The smallest absolute Gasteiger partial charge is 0.320 e. The Balaban J connectivity index is 1.84. The van der Waals surface area contributed by atoms with Crippen molar-refractivity contribution in [3.05, 3.63) is 35.9 Å². The fourth-order valence-electron chi connectivity index (χ4n) is 3.21. The minimum Gasteiger partial charge on any atom is -0.480 e. The van der Waals surface area contributed by atoms with E-state index in [1.54, 1.807) is 16.7 Å². The standard InChI is InChI=1S/C20H30N4O4/c1-16(20(27)28)24(9-8-21-17(2)25)15-19(26)23-12-10-22(11-13-23)14-18-6-4-3-5-7-18/h3-7,16H,8-15H2,1-2H3,(H,21,25)(H,27,28). The molecular weight excluding hydrogens is 360 g/mol. The molecule has 1 aliphatic rings. The van der Waals surface area contributed by atoms with Gasteiger partial charge in [0.15, 0.2) is 0 Å². The van der Waals surface area contributed by atoms with E-state index in [0.717, 1.165) is 19.6 Å². The number of nitrogens with zero attached hydrogens (tertiary/aromatic N) is 3. The number of rotatable bonds is 9. The van der Waals surface area contributed by atoms with E-state index in [2.05, 4.69) is 22.3 Å². The third-order valence-electron chi connectivity index (χ3n) is 4.99. The van der Waals surface area contributed by atoms with Crippen LogP contribution in [0, 0.1) is 0 Å². The molecule has 28 heavy (non-hydrogen) atoms. The molecule has 0 saturated carbocycles. The van der Waals surface area contributed by atoms with Crippen molar-refractivity contribution >= 4 is 17.8 Å². The Morgan fingerprint density at radius 3 is 2.36 bits per heavy atom. The molecule has 154 valence electrons. The van der Waals surface area contributed by atoms with Crippen LogP contribution in [-0.2, 0) is 20.9 Å². The van der Waals surface area contributed by atoms with Gasteiger partial charge < -0.3 is 15.3 Å². The largest absolute Gasteiger partial charge is 0.480 e. The summed E-state index contributed by atoms with van der Waals surface area (Å²) < 4.78 is 0. The van der Waals surface area contributed by atoms with Crippen LogP contribution in [0.1, 0.15) is 19.4 Å². The number of carbonyl (C=O) groups is 3. The van der Waals surface area contributed by atoms with E-state index in [4.69, 9.17) is 0 Å². The Labute approximate surface area is 166 Å². The summed E-state index contributed by atoms with van der Waals surface area (Å²) in [5.41, 5.74) is 1.25. The van der Waals surface area contributed by atoms with Crippen LogP contribution >= 0.6 is 0 Å². The Morgan fingerprint density at radius 2 is 1.79 bits per heavy atom. The van der Waals surface area contributed by atoms with Crippen molar-refractivity contribution in [3.63, 3.8) is 0 Å². The first-order valence-electron chi connectivity index (χ1n) is 9.62. The molecule has 0 spiro atoms. The summed E-state index contributed by atoms with van der Waals surface area (Å²) in [4.78, 5) is 40.8. The first kappa shape index (κ1) is 21.8. The number of carbonyl (C=O) groups excluding carboxylic acids is 2. The van der Waals surface area contributed by atoms with Gasteiger partial charge in [0, 0.05) is 52.7 Å². The van der Waals surface area contributed by atoms with E-state index >= 15 is 0 Å². The maximum absolute atomic E-state index is 12.7. The van der Waals surface area contributed by atoms with Crippen molar-refractivity contribution in [2.45, 2.75) is 26.4 Å². The van der Waals surface area contributed by atoms with Crippen LogP contribution in [0.25, 0.3) is 0 Å². The second-order valence-corrected chi connectivity index (χ2v) is 7.11. The van der Waals surface area contributed by atoms with Gasteiger partial charge in [0.05, 0.1) is 6.54 Å². The van der Waals surface area contributed by atoms with Crippen molar-refractivity contribution in [2.24, 2.45) is 0 Å². The second kappa shape index (κ2) is 10.8. The van der Waals surface area contributed by atoms with Gasteiger partial charge in [0.2, 0.25) is 11.8 Å². The molecule has 0 bridgehead atoms. The predicted molar refractivity (Wildman–Crippen MR) is 106 cm³/mol. The predicted octanol–water partition coefficient (Wildman–Crippen LogP) is 0.242. The molecule has 1 saturated heterocycles. The Morgan fingerprint density at radius 1 is 1.14 bits per heavy atom. The van der Waals surface area contributed by atoms with Crippen molar-refractivity contribution < 1.29 is 19.5 Å². The number of carboxylic acids is 1. The van der Waals surface area contributed by atoms with Gasteiger partial charge in [-0.3, -0.25) is 24.2 Å². The van der Waals surface area contributed by atoms with E-state index in [1.807, 2.05) is 18.2 Å². The quantitative estimate of drug-likeness (QED) is 0.628. The van der Waals surface area contributed by atoms with Crippen molar-refractivity contribution in [1.82, 2.24) is 20.0 Å². The molecule has 0 aliphatic carbocycles. The summed E-state index contributed by atoms with van der Waals surface area (Å²) in [5.74, 6) is -1.23. The molecule has 2 amide bonds. The van der Waals surface area contributed by atoms with E-state index in [9.17, 15) is 19.5 Å². The maximum Gasteiger partial charge on any atom is 0.320 e. The minimum atomic E-state index is -0.983. The van der Waals surface area contributed by atoms with Crippen LogP contribution in [0.3, 0.4) is 0 Å². The van der Waals surface area contributed by atoms with Gasteiger partial charge in [-0.25, -0.2) is 0 Å². The number of amides is 2. The molecule has 2 N–H and O–H groups in total. The summed E-state index contributed by atoms with van der Waals surface area (Å²) in [6.07, 6.45) is 0. The van der Waals surface area contributed by atoms with Crippen LogP contribution < -0.4 is 5.32 Å². The first-order valence-corrected chi connectivity index (χ1v) is 9.62. The number of nitrogens with one attached hydrogen (secondary N) is 1. The van der Waals surface area contributed by atoms with Crippen molar-refractivity contribution in [2.75, 3.05) is 45.8 Å². The highest BCUT2D eigenvalue weighted by atomic mass is 16.4. The lowest BCUT2D eigenvalue weighted by molar-refractivity contribution is -0.144. The van der Waals surface area contributed by atoms with Crippen LogP contribution in [0.4, 0.5) is 0 Å². The number of aliphatic carboxylic acids is 1. The maximum atomic E-state index is 12.7. The summed E-state index contributed by atoms with van der Waals surface area (Å²) in [5, 5.41) is 11.9. The summed E-state index contributed by atoms with van der Waals surface area (Å²) in [6.45, 7) is 7.33. The molecule has 1 aromatic carbocycles. The Hall–Kier alpha value is -2.45. The molecule has 0 radical (unpaired) electrons. The van der Waals surface area contributed by atoms with Gasteiger partial charge in [0.1, 0.15) is 6.04 Å². The van der Waals surface area contributed by atoms with Gasteiger partial charge in [0.25, 0.3) is 0 Å². The van der Waals surface area contributed by atoms with Gasteiger partial charge >= 0.3 is 5.97 Å². The van der Waals surface area contributed by atoms with E-state index < -0.39 is 12.0 Å². The molecule has 8 heteroatoms. The second-order valence-electron chi connectivity index (χ2n) is 7.11. The lowest BCUT2D eigenvalue weighted by Gasteiger charge is -2.36. The van der Waals surface area contributed by atoms with Crippen LogP contribution in [-0.4, -0.2) is 89.4 Å². The molecule has 1 heterocycles. The number of piperazine rings is 1. The third kappa shape index (κ3) is 6.94. The molecule has 1 aliphatic heterocycles. The lowest BCUT2D eigenvalue weighted by atomic mass is 10.2. The number of hydrogen-bond donors (Lipinski definition) is 2. The average Bonchev–Trinajstić information content (AvgIpc) is 2.67. The molecule has 1 atom stereocenters. The number of hydrogen-bond acceptors (Lipinski definition) is 5. The number of benzene rings is 1. The molecule has 8 nitrogen and oxygen atoms in total. The average molecular weight is 390 g/mol. The Bertz CT molecular complexity index is 659. The van der Waals surface area contributed by atoms with Crippen LogP contribution in [0.15, 0.2) is 30.3 Å². The summed E-state index contributed by atoms with van der Waals surface area (Å²) in [6, 6.07) is 9.44. The molecule has 2 rings (SSSR count). The molecule has 1 aromatic rings. The zero-order valence-corrected chi connectivity index (χ0v) is 16.6. The molecule has 0 aromatic heterocycles. The molecule has 1 fully saturated rings. The Kier molecular flexibility index (Phi) is 8.41. The minimum absolute atomic E-state index is 0.0335. The zero-order chi connectivity index (χ0) is 20.5. The highest BCUT2D eigenvalue weighted by Crippen LogP contribution is 2.09. The SMILES string of the molecule is CC(=O)NCCN(CC(=O)N1CCN(Cc2ccccc2)CC1)C(C)C(=O)O. The molecular formula is C20H30N4O4. The first-order chi connectivity index (χ1) is 13.4. The van der Waals surface area contributed by atoms with Crippen LogP contribution in [0.2, 0.25) is 0 Å². The van der Waals surface area contributed by atoms with Gasteiger partial charge in [-0.15, -0.1) is 0 Å². The zero-order valence-electron chi connectivity index (χ0n) is 16.6. The van der Waals surface area contributed by atoms with Gasteiger partial charge in [-0.2, -0.15) is 0 Å². The normalized spacial score (nSPS) is 16.0. The van der Waals surface area contributed by atoms with Gasteiger partial charge in [-0.05, 0) is 12.5 Å². The fourth-order valence-corrected chi connectivity index (χ4v) is 3.21. The highest BCUT2D eigenvalue weighted by Gasteiger charge is 2.27. The van der Waals surface area contributed by atoms with Crippen LogP contribution in [0.5, 0.6) is 0 Å². The summed E-state index contributed by atoms with van der Waals surface area (Å²) >= 11 is 0. The fraction of sp³-hybridized carbons (Fsp3) is 0.550. The van der Waals surface area contributed by atoms with Gasteiger partial charge in [-0.1, -0.05) is 30.3 Å². The van der Waals surface area contributed by atoms with Crippen molar-refractivity contribution in [1.29, 1.82) is 0 Å². The highest BCUT2D eigenvalue weighted by molar-refractivity contribution is 5.80. The topological polar surface area (TPSA) is 93.2 Å². The van der Waals surface area contributed by atoms with E-state index in [-0.39, 0.29) is 18.4 Å².